The molecule has 0 fully saturated rings. The number of fused-ring (bicyclic) bond motifs is 1. The van der Waals surface area contributed by atoms with Gasteiger partial charge in [-0.2, -0.15) is 0 Å². The minimum absolute atomic E-state index is 0.0194. The Labute approximate surface area is 124 Å². The summed E-state index contributed by atoms with van der Waals surface area (Å²) in [6, 6.07) is 13.7. The van der Waals surface area contributed by atoms with Crippen molar-refractivity contribution < 1.29 is 14.7 Å². The van der Waals surface area contributed by atoms with E-state index in [1.54, 1.807) is 14.1 Å². The van der Waals surface area contributed by atoms with Gasteiger partial charge >= 0.3 is 5.97 Å². The van der Waals surface area contributed by atoms with Gasteiger partial charge in [-0.15, -0.1) is 0 Å². The number of carbonyl (C=O) groups excluding carboxylic acids is 1. The molecular formula is C17H19NO3. The van der Waals surface area contributed by atoms with Gasteiger partial charge in [0.1, 0.15) is 0 Å². The van der Waals surface area contributed by atoms with Crippen LogP contribution in [0.3, 0.4) is 0 Å². The van der Waals surface area contributed by atoms with Crippen LogP contribution in [0.1, 0.15) is 12.0 Å². The molecule has 0 saturated carbocycles. The van der Waals surface area contributed by atoms with Crippen molar-refractivity contribution in [2.24, 2.45) is 5.92 Å². The predicted octanol–water partition coefficient (Wildman–Crippen LogP) is 2.56. The van der Waals surface area contributed by atoms with Gasteiger partial charge in [-0.1, -0.05) is 42.5 Å². The fourth-order valence-corrected chi connectivity index (χ4v) is 2.38. The molecule has 21 heavy (non-hydrogen) atoms. The van der Waals surface area contributed by atoms with Gasteiger partial charge in [-0.25, -0.2) is 0 Å². The Hall–Kier alpha value is -2.36. The SMILES string of the molecule is CN(C)C(=O)CC(Cc1cccc2ccccc12)C(=O)O. The molecule has 110 valence electrons. The number of carboxylic acids is 1. The van der Waals surface area contributed by atoms with E-state index in [0.29, 0.717) is 6.42 Å². The number of nitrogens with zero attached hydrogens (tertiary/aromatic N) is 1. The van der Waals surface area contributed by atoms with E-state index in [1.165, 1.54) is 4.90 Å². The average Bonchev–Trinajstić information content (AvgIpc) is 2.46. The second-order valence-electron chi connectivity index (χ2n) is 5.37. The number of rotatable bonds is 5. The van der Waals surface area contributed by atoms with Crippen LogP contribution in [0, 0.1) is 5.92 Å². The number of hydrogen-bond acceptors (Lipinski definition) is 2. The molecule has 1 unspecified atom stereocenters. The fraction of sp³-hybridized carbons (Fsp3) is 0.294. The standard InChI is InChI=1S/C17H19NO3/c1-18(2)16(19)11-14(17(20)21)10-13-8-5-7-12-6-3-4-9-15(12)13/h3-9,14H,10-11H2,1-2H3,(H,20,21). The number of hydrogen-bond donors (Lipinski definition) is 1. The van der Waals surface area contributed by atoms with Crippen molar-refractivity contribution in [3.63, 3.8) is 0 Å². The first kappa shape index (κ1) is 15.0. The summed E-state index contributed by atoms with van der Waals surface area (Å²) in [5.74, 6) is -1.80. The summed E-state index contributed by atoms with van der Waals surface area (Å²) in [5.41, 5.74) is 0.965. The number of amides is 1. The predicted molar refractivity (Wildman–Crippen MR) is 82.1 cm³/mol. The molecule has 0 bridgehead atoms. The third-order valence-corrected chi connectivity index (χ3v) is 3.62. The van der Waals surface area contributed by atoms with E-state index >= 15 is 0 Å². The van der Waals surface area contributed by atoms with Gasteiger partial charge in [0.2, 0.25) is 5.91 Å². The summed E-state index contributed by atoms with van der Waals surface area (Å²) in [4.78, 5) is 24.6. The van der Waals surface area contributed by atoms with E-state index in [-0.39, 0.29) is 12.3 Å². The van der Waals surface area contributed by atoms with Gasteiger partial charge in [-0.3, -0.25) is 9.59 Å². The molecule has 0 spiro atoms. The summed E-state index contributed by atoms with van der Waals surface area (Å²) in [7, 11) is 3.28. The summed E-state index contributed by atoms with van der Waals surface area (Å²) in [6.45, 7) is 0. The van der Waals surface area contributed by atoms with Crippen molar-refractivity contribution in [3.8, 4) is 0 Å². The maximum atomic E-state index is 11.8. The quantitative estimate of drug-likeness (QED) is 0.918. The van der Waals surface area contributed by atoms with Crippen LogP contribution in [-0.4, -0.2) is 36.0 Å². The molecule has 1 N–H and O–H groups in total. The molecule has 0 radical (unpaired) electrons. The minimum atomic E-state index is -0.932. The summed E-state index contributed by atoms with van der Waals surface area (Å²) >= 11 is 0. The maximum Gasteiger partial charge on any atom is 0.307 e. The lowest BCUT2D eigenvalue weighted by molar-refractivity contribution is -0.145. The molecule has 4 nitrogen and oxygen atoms in total. The third-order valence-electron chi connectivity index (χ3n) is 3.62. The monoisotopic (exact) mass is 285 g/mol. The smallest absolute Gasteiger partial charge is 0.307 e. The van der Waals surface area contributed by atoms with Crippen LogP contribution in [0.25, 0.3) is 10.8 Å². The van der Waals surface area contributed by atoms with E-state index in [9.17, 15) is 14.7 Å². The number of carboxylic acid groups (broad SMARTS) is 1. The first-order valence-electron chi connectivity index (χ1n) is 6.88. The molecule has 4 heteroatoms. The minimum Gasteiger partial charge on any atom is -0.481 e. The molecule has 0 saturated heterocycles. The van der Waals surface area contributed by atoms with Crippen LogP contribution in [0.4, 0.5) is 0 Å². The highest BCUT2D eigenvalue weighted by Crippen LogP contribution is 2.22. The summed E-state index contributed by atoms with van der Waals surface area (Å²) in [5, 5.41) is 11.5. The highest BCUT2D eigenvalue weighted by Gasteiger charge is 2.23. The second-order valence-corrected chi connectivity index (χ2v) is 5.37. The molecule has 1 atom stereocenters. The van der Waals surface area contributed by atoms with Gasteiger partial charge in [0.15, 0.2) is 0 Å². The van der Waals surface area contributed by atoms with Crippen LogP contribution in [-0.2, 0) is 16.0 Å². The highest BCUT2D eigenvalue weighted by molar-refractivity contribution is 5.87. The van der Waals surface area contributed by atoms with E-state index in [1.807, 2.05) is 42.5 Å². The van der Waals surface area contributed by atoms with E-state index in [0.717, 1.165) is 16.3 Å². The summed E-state index contributed by atoms with van der Waals surface area (Å²) < 4.78 is 0. The van der Waals surface area contributed by atoms with Crippen molar-refractivity contribution in [3.05, 3.63) is 48.0 Å². The van der Waals surface area contributed by atoms with Gasteiger partial charge in [0.25, 0.3) is 0 Å². The van der Waals surface area contributed by atoms with Crippen LogP contribution < -0.4 is 0 Å². The van der Waals surface area contributed by atoms with Gasteiger partial charge in [0.05, 0.1) is 5.92 Å². The molecule has 1 amide bonds. The molecule has 2 aromatic carbocycles. The molecule has 2 aromatic rings. The lowest BCUT2D eigenvalue weighted by Gasteiger charge is -2.16. The van der Waals surface area contributed by atoms with Crippen LogP contribution in [0.2, 0.25) is 0 Å². The zero-order valence-electron chi connectivity index (χ0n) is 12.2. The van der Waals surface area contributed by atoms with Crippen molar-refractivity contribution in [1.82, 2.24) is 4.90 Å². The fourth-order valence-electron chi connectivity index (χ4n) is 2.38. The maximum absolute atomic E-state index is 11.8. The largest absolute Gasteiger partial charge is 0.481 e. The van der Waals surface area contributed by atoms with Crippen molar-refractivity contribution in [2.75, 3.05) is 14.1 Å². The summed E-state index contributed by atoms with van der Waals surface area (Å²) in [6.07, 6.45) is 0.377. The third kappa shape index (κ3) is 3.60. The Morgan fingerprint density at radius 3 is 2.43 bits per heavy atom. The molecule has 2 rings (SSSR count). The van der Waals surface area contributed by atoms with Gasteiger partial charge in [0, 0.05) is 20.5 Å². The Balaban J connectivity index is 2.27. The molecule has 0 heterocycles. The van der Waals surface area contributed by atoms with Crippen LogP contribution >= 0.6 is 0 Å². The lowest BCUT2D eigenvalue weighted by atomic mass is 9.92. The number of carbonyl (C=O) groups is 2. The topological polar surface area (TPSA) is 57.6 Å². The molecule has 0 aliphatic heterocycles. The van der Waals surface area contributed by atoms with Crippen molar-refractivity contribution in [2.45, 2.75) is 12.8 Å². The zero-order valence-corrected chi connectivity index (χ0v) is 12.2. The van der Waals surface area contributed by atoms with E-state index in [4.69, 9.17) is 0 Å². The molecule has 0 aliphatic carbocycles. The van der Waals surface area contributed by atoms with Crippen LogP contribution in [0.15, 0.2) is 42.5 Å². The average molecular weight is 285 g/mol. The number of benzene rings is 2. The molecule has 0 aliphatic rings. The zero-order chi connectivity index (χ0) is 15.4. The normalized spacial score (nSPS) is 12.1. The van der Waals surface area contributed by atoms with E-state index in [2.05, 4.69) is 0 Å². The Morgan fingerprint density at radius 2 is 1.76 bits per heavy atom. The highest BCUT2D eigenvalue weighted by atomic mass is 16.4. The Bertz CT molecular complexity index is 659. The number of aliphatic carboxylic acids is 1. The molecular weight excluding hydrogens is 266 g/mol. The van der Waals surface area contributed by atoms with E-state index < -0.39 is 11.9 Å². The van der Waals surface area contributed by atoms with Crippen molar-refractivity contribution >= 4 is 22.6 Å². The Kier molecular flexibility index (Phi) is 4.58. The lowest BCUT2D eigenvalue weighted by Crippen LogP contribution is -2.28. The Morgan fingerprint density at radius 1 is 1.10 bits per heavy atom. The van der Waals surface area contributed by atoms with Crippen LogP contribution in [0.5, 0.6) is 0 Å². The van der Waals surface area contributed by atoms with Crippen molar-refractivity contribution in [1.29, 1.82) is 0 Å². The first-order valence-corrected chi connectivity index (χ1v) is 6.88. The van der Waals surface area contributed by atoms with Gasteiger partial charge in [-0.05, 0) is 22.8 Å². The first-order chi connectivity index (χ1) is 9.99. The van der Waals surface area contributed by atoms with Gasteiger partial charge < -0.3 is 10.0 Å². The second kappa shape index (κ2) is 6.39. The molecule has 0 aromatic heterocycles.